The van der Waals surface area contributed by atoms with Crippen molar-refractivity contribution in [2.24, 2.45) is 5.92 Å². The summed E-state index contributed by atoms with van der Waals surface area (Å²) in [7, 11) is 0. The summed E-state index contributed by atoms with van der Waals surface area (Å²) in [6, 6.07) is 13.3. The van der Waals surface area contributed by atoms with E-state index in [1.165, 1.54) is 0 Å². The molecule has 2 unspecified atom stereocenters. The summed E-state index contributed by atoms with van der Waals surface area (Å²) >= 11 is 0. The number of fused-ring (bicyclic) bond motifs is 2. The predicted octanol–water partition coefficient (Wildman–Crippen LogP) is 5.32. The fraction of sp³-hybridized carbons (Fsp3) is 0.400. The van der Waals surface area contributed by atoms with Crippen LogP contribution >= 0.6 is 0 Å². The summed E-state index contributed by atoms with van der Waals surface area (Å²) in [5.74, 6) is -2.43. The first-order valence-electron chi connectivity index (χ1n) is 13.3. The van der Waals surface area contributed by atoms with E-state index in [1.807, 2.05) is 58.0 Å². The minimum absolute atomic E-state index is 0.156. The van der Waals surface area contributed by atoms with Gasteiger partial charge < -0.3 is 9.84 Å². The lowest BCUT2D eigenvalue weighted by Crippen LogP contribution is -2.40. The highest BCUT2D eigenvalue weighted by molar-refractivity contribution is 5.78. The van der Waals surface area contributed by atoms with Gasteiger partial charge in [-0.2, -0.15) is 0 Å². The maximum absolute atomic E-state index is 15.9. The third kappa shape index (κ3) is 5.23. The molecule has 0 radical (unpaired) electrons. The molecular formula is C30H34FN5O3. The van der Waals surface area contributed by atoms with Crippen molar-refractivity contribution in [1.82, 2.24) is 24.9 Å². The van der Waals surface area contributed by atoms with E-state index >= 15 is 4.39 Å². The highest BCUT2D eigenvalue weighted by Gasteiger charge is 2.32. The molecule has 1 aliphatic rings. The molecule has 0 fully saturated rings. The van der Waals surface area contributed by atoms with Crippen molar-refractivity contribution in [2.45, 2.75) is 65.8 Å². The SMILES string of the molecule is CCn1nnc2c(F)c(C(c3ccc(C)c(CN4Cc5cccnc5OC(C)(C)C4)c3)C(C)C(=O)O)ccc21. The van der Waals surface area contributed by atoms with Gasteiger partial charge >= 0.3 is 5.97 Å². The molecule has 4 aromatic rings. The van der Waals surface area contributed by atoms with E-state index < -0.39 is 29.2 Å². The number of halogens is 1. The van der Waals surface area contributed by atoms with E-state index in [9.17, 15) is 9.90 Å². The zero-order chi connectivity index (χ0) is 27.9. The number of hydrogen-bond acceptors (Lipinski definition) is 6. The minimum atomic E-state index is -0.991. The summed E-state index contributed by atoms with van der Waals surface area (Å²) in [6.45, 7) is 12.2. The standard InChI is InChI=1S/C30H34FN5O3/c1-6-36-24-12-11-23(26(31)27(24)33-34-36)25(19(3)29(37)38)20-10-9-18(2)22(14-20)16-35-15-21-8-7-13-32-28(21)39-30(4,5)17-35/h7-14,19,25H,6,15-17H2,1-5H3,(H,37,38). The zero-order valence-corrected chi connectivity index (χ0v) is 23.0. The smallest absolute Gasteiger partial charge is 0.307 e. The third-order valence-corrected chi connectivity index (χ3v) is 7.53. The van der Waals surface area contributed by atoms with E-state index in [2.05, 4.69) is 20.2 Å². The van der Waals surface area contributed by atoms with Gasteiger partial charge in [-0.1, -0.05) is 42.5 Å². The van der Waals surface area contributed by atoms with Crippen LogP contribution in [0.1, 0.15) is 61.4 Å². The van der Waals surface area contributed by atoms with E-state index in [0.29, 0.717) is 43.1 Å². The van der Waals surface area contributed by atoms with Crippen LogP contribution in [-0.2, 0) is 24.4 Å². The fourth-order valence-corrected chi connectivity index (χ4v) is 5.55. The Morgan fingerprint density at radius 1 is 1.23 bits per heavy atom. The zero-order valence-electron chi connectivity index (χ0n) is 23.0. The first-order chi connectivity index (χ1) is 18.6. The molecule has 0 saturated heterocycles. The first-order valence-corrected chi connectivity index (χ1v) is 13.3. The number of carbonyl (C=O) groups is 1. The van der Waals surface area contributed by atoms with Crippen molar-refractivity contribution in [2.75, 3.05) is 6.54 Å². The summed E-state index contributed by atoms with van der Waals surface area (Å²) in [5.41, 5.74) is 4.51. The van der Waals surface area contributed by atoms with Crippen LogP contribution in [0.15, 0.2) is 48.7 Å². The number of pyridine rings is 1. The highest BCUT2D eigenvalue weighted by Crippen LogP contribution is 2.37. The van der Waals surface area contributed by atoms with Crippen molar-refractivity contribution in [3.63, 3.8) is 0 Å². The molecule has 0 saturated carbocycles. The second kappa shape index (κ2) is 10.4. The number of aliphatic carboxylic acids is 1. The Morgan fingerprint density at radius 2 is 2.03 bits per heavy atom. The number of rotatable bonds is 7. The maximum Gasteiger partial charge on any atom is 0.307 e. The molecule has 2 aromatic heterocycles. The molecule has 8 nitrogen and oxygen atoms in total. The Kier molecular flexibility index (Phi) is 7.11. The van der Waals surface area contributed by atoms with Crippen LogP contribution in [0.3, 0.4) is 0 Å². The molecule has 0 spiro atoms. The summed E-state index contributed by atoms with van der Waals surface area (Å²) in [4.78, 5) is 19.0. The van der Waals surface area contributed by atoms with Gasteiger partial charge in [-0.25, -0.2) is 14.1 Å². The van der Waals surface area contributed by atoms with Crippen molar-refractivity contribution in [3.8, 4) is 5.88 Å². The minimum Gasteiger partial charge on any atom is -0.481 e. The van der Waals surface area contributed by atoms with Crippen LogP contribution in [0, 0.1) is 18.7 Å². The van der Waals surface area contributed by atoms with E-state index in [4.69, 9.17) is 4.74 Å². The van der Waals surface area contributed by atoms with Crippen molar-refractivity contribution in [3.05, 3.63) is 82.3 Å². The van der Waals surface area contributed by atoms with Gasteiger partial charge in [0.1, 0.15) is 11.1 Å². The summed E-state index contributed by atoms with van der Waals surface area (Å²) in [5, 5.41) is 18.1. The van der Waals surface area contributed by atoms with E-state index in [1.54, 1.807) is 29.9 Å². The average Bonchev–Trinajstić information content (AvgIpc) is 3.26. The molecule has 0 amide bonds. The lowest BCUT2D eigenvalue weighted by Gasteiger charge is -2.30. The largest absolute Gasteiger partial charge is 0.481 e. The van der Waals surface area contributed by atoms with Crippen LogP contribution in [-0.4, -0.2) is 48.1 Å². The lowest BCUT2D eigenvalue weighted by atomic mass is 9.80. The summed E-state index contributed by atoms with van der Waals surface area (Å²) in [6.07, 6.45) is 1.74. The number of nitrogens with zero attached hydrogens (tertiary/aromatic N) is 5. The van der Waals surface area contributed by atoms with Crippen LogP contribution in [0.4, 0.5) is 4.39 Å². The fourth-order valence-electron chi connectivity index (χ4n) is 5.55. The highest BCUT2D eigenvalue weighted by atomic mass is 19.1. The van der Waals surface area contributed by atoms with Gasteiger partial charge in [0, 0.05) is 43.9 Å². The predicted molar refractivity (Wildman–Crippen MR) is 146 cm³/mol. The molecule has 39 heavy (non-hydrogen) atoms. The molecule has 1 N–H and O–H groups in total. The van der Waals surface area contributed by atoms with Crippen molar-refractivity contribution in [1.29, 1.82) is 0 Å². The Balaban J connectivity index is 1.54. The Bertz CT molecular complexity index is 1530. The van der Waals surface area contributed by atoms with Crippen LogP contribution in [0.5, 0.6) is 5.88 Å². The van der Waals surface area contributed by atoms with Crippen LogP contribution in [0.25, 0.3) is 11.0 Å². The molecule has 2 aromatic carbocycles. The quantitative estimate of drug-likeness (QED) is 0.345. The van der Waals surface area contributed by atoms with E-state index in [0.717, 1.165) is 22.3 Å². The molecule has 0 aliphatic carbocycles. The number of benzene rings is 2. The number of carboxylic acid groups (broad SMARTS) is 1. The van der Waals surface area contributed by atoms with Gasteiger partial charge in [0.05, 0.1) is 11.4 Å². The van der Waals surface area contributed by atoms with Crippen molar-refractivity contribution >= 4 is 17.0 Å². The molecule has 5 rings (SSSR count). The Morgan fingerprint density at radius 3 is 2.77 bits per heavy atom. The van der Waals surface area contributed by atoms with Gasteiger partial charge in [-0.05, 0) is 62.1 Å². The lowest BCUT2D eigenvalue weighted by molar-refractivity contribution is -0.141. The molecule has 9 heteroatoms. The number of aryl methyl sites for hydroxylation is 2. The monoisotopic (exact) mass is 531 g/mol. The number of hydrogen-bond donors (Lipinski definition) is 1. The van der Waals surface area contributed by atoms with Crippen LogP contribution in [0.2, 0.25) is 0 Å². The number of carboxylic acids is 1. The Labute approximate surface area is 227 Å². The molecule has 0 bridgehead atoms. The molecule has 204 valence electrons. The average molecular weight is 532 g/mol. The molecule has 2 atom stereocenters. The normalized spacial score (nSPS) is 16.8. The molecule has 1 aliphatic heterocycles. The third-order valence-electron chi connectivity index (χ3n) is 7.53. The number of ether oxygens (including phenoxy) is 1. The van der Waals surface area contributed by atoms with Gasteiger partial charge in [-0.3, -0.25) is 9.69 Å². The first kappa shape index (κ1) is 26.7. The maximum atomic E-state index is 15.9. The second-order valence-electron chi connectivity index (χ2n) is 11.0. The van der Waals surface area contributed by atoms with Gasteiger partial charge in [0.2, 0.25) is 5.88 Å². The summed E-state index contributed by atoms with van der Waals surface area (Å²) < 4.78 is 23.7. The van der Waals surface area contributed by atoms with E-state index in [-0.39, 0.29) is 5.52 Å². The number of aromatic nitrogens is 4. The van der Waals surface area contributed by atoms with Crippen molar-refractivity contribution < 1.29 is 19.0 Å². The van der Waals surface area contributed by atoms with Gasteiger partial charge in [-0.15, -0.1) is 5.10 Å². The van der Waals surface area contributed by atoms with Gasteiger partial charge in [0.25, 0.3) is 0 Å². The van der Waals surface area contributed by atoms with Gasteiger partial charge in [0.15, 0.2) is 5.82 Å². The van der Waals surface area contributed by atoms with Crippen LogP contribution < -0.4 is 4.74 Å². The molecule has 3 heterocycles. The topological polar surface area (TPSA) is 93.4 Å². The Hall–Kier alpha value is -3.85. The molecular weight excluding hydrogens is 497 g/mol. The second-order valence-corrected chi connectivity index (χ2v) is 11.0.